The molecule has 106 valence electrons. The third-order valence-corrected chi connectivity index (χ3v) is 4.14. The van der Waals surface area contributed by atoms with Crippen molar-refractivity contribution in [2.45, 2.75) is 57.6 Å². The van der Waals surface area contributed by atoms with Gasteiger partial charge in [0, 0.05) is 6.04 Å². The van der Waals surface area contributed by atoms with Crippen molar-refractivity contribution in [1.82, 2.24) is 5.32 Å². The number of rotatable bonds is 9. The Hall–Kier alpha value is -0.480. The van der Waals surface area contributed by atoms with Gasteiger partial charge in [-0.2, -0.15) is 0 Å². The molecular formula is C14H28N2OS. The summed E-state index contributed by atoms with van der Waals surface area (Å²) in [5, 5.41) is 3.65. The smallest absolute Gasteiger partial charge is 0.230 e. The van der Waals surface area contributed by atoms with Gasteiger partial charge in [0.15, 0.2) is 0 Å². The highest BCUT2D eigenvalue weighted by Crippen LogP contribution is 2.25. The molecule has 0 saturated carbocycles. The normalized spacial score (nSPS) is 14.8. The zero-order valence-electron chi connectivity index (χ0n) is 12.3. The molecule has 0 aromatic carbocycles. The molecule has 0 bridgehead atoms. The molecule has 18 heavy (non-hydrogen) atoms. The SMILES string of the molecule is C=C(C(C)C)C(CC(SC(C)C)C(N)=O)NCC. The van der Waals surface area contributed by atoms with Crippen LogP contribution in [0.5, 0.6) is 0 Å². The fraction of sp³-hybridized carbons (Fsp3) is 0.786. The maximum atomic E-state index is 11.5. The van der Waals surface area contributed by atoms with E-state index in [0.29, 0.717) is 11.2 Å². The summed E-state index contributed by atoms with van der Waals surface area (Å²) in [6.07, 6.45) is 0.725. The predicted octanol–water partition coefficient (Wildman–Crippen LogP) is 2.56. The van der Waals surface area contributed by atoms with Gasteiger partial charge in [0.1, 0.15) is 0 Å². The minimum absolute atomic E-state index is 0.149. The number of nitrogens with two attached hydrogens (primary N) is 1. The minimum atomic E-state index is -0.229. The van der Waals surface area contributed by atoms with Crippen molar-refractivity contribution in [3.8, 4) is 0 Å². The van der Waals surface area contributed by atoms with Crippen LogP contribution >= 0.6 is 11.8 Å². The lowest BCUT2D eigenvalue weighted by molar-refractivity contribution is -0.117. The number of amides is 1. The average Bonchev–Trinajstić information content (AvgIpc) is 2.25. The van der Waals surface area contributed by atoms with Gasteiger partial charge in [0.2, 0.25) is 5.91 Å². The Morgan fingerprint density at radius 2 is 1.89 bits per heavy atom. The van der Waals surface area contributed by atoms with Gasteiger partial charge in [-0.15, -0.1) is 11.8 Å². The second kappa shape index (κ2) is 8.59. The van der Waals surface area contributed by atoms with Crippen LogP contribution in [0.4, 0.5) is 0 Å². The summed E-state index contributed by atoms with van der Waals surface area (Å²) in [6.45, 7) is 15.5. The Labute approximate surface area is 116 Å². The number of likely N-dealkylation sites (N-methyl/N-ethyl adjacent to an activating group) is 1. The van der Waals surface area contributed by atoms with Crippen molar-refractivity contribution >= 4 is 17.7 Å². The van der Waals surface area contributed by atoms with Crippen molar-refractivity contribution < 1.29 is 4.79 Å². The van der Waals surface area contributed by atoms with E-state index in [0.717, 1.165) is 18.5 Å². The molecule has 0 aliphatic heterocycles. The molecular weight excluding hydrogens is 244 g/mol. The number of primary amides is 1. The average molecular weight is 272 g/mol. The van der Waals surface area contributed by atoms with E-state index in [1.54, 1.807) is 11.8 Å². The van der Waals surface area contributed by atoms with Crippen molar-refractivity contribution in [3.05, 3.63) is 12.2 Å². The van der Waals surface area contributed by atoms with E-state index in [-0.39, 0.29) is 17.2 Å². The van der Waals surface area contributed by atoms with Gasteiger partial charge >= 0.3 is 0 Å². The molecule has 0 aromatic rings. The summed E-state index contributed by atoms with van der Waals surface area (Å²) in [4.78, 5) is 11.5. The summed E-state index contributed by atoms with van der Waals surface area (Å²) in [5.74, 6) is 0.180. The van der Waals surface area contributed by atoms with Crippen LogP contribution < -0.4 is 11.1 Å². The second-order valence-electron chi connectivity index (χ2n) is 5.15. The molecule has 0 aliphatic carbocycles. The van der Waals surface area contributed by atoms with Gasteiger partial charge in [-0.05, 0) is 24.1 Å². The molecule has 2 atom stereocenters. The van der Waals surface area contributed by atoms with Crippen LogP contribution in [0.3, 0.4) is 0 Å². The molecule has 1 amide bonds. The van der Waals surface area contributed by atoms with Crippen LogP contribution in [-0.4, -0.2) is 29.0 Å². The molecule has 3 nitrogen and oxygen atoms in total. The van der Waals surface area contributed by atoms with Crippen LogP contribution in [-0.2, 0) is 4.79 Å². The van der Waals surface area contributed by atoms with Crippen molar-refractivity contribution in [3.63, 3.8) is 0 Å². The Balaban J connectivity index is 4.70. The summed E-state index contributed by atoms with van der Waals surface area (Å²) in [6, 6.07) is 0.166. The molecule has 0 rings (SSSR count). The summed E-state index contributed by atoms with van der Waals surface area (Å²) in [7, 11) is 0. The molecule has 0 heterocycles. The van der Waals surface area contributed by atoms with E-state index < -0.39 is 0 Å². The largest absolute Gasteiger partial charge is 0.369 e. The molecule has 2 unspecified atom stereocenters. The van der Waals surface area contributed by atoms with Crippen molar-refractivity contribution in [1.29, 1.82) is 0 Å². The monoisotopic (exact) mass is 272 g/mol. The van der Waals surface area contributed by atoms with E-state index in [1.807, 2.05) is 0 Å². The van der Waals surface area contributed by atoms with Gasteiger partial charge in [0.25, 0.3) is 0 Å². The predicted molar refractivity (Wildman–Crippen MR) is 81.8 cm³/mol. The number of carbonyl (C=O) groups excluding carboxylic acids is 1. The third kappa shape index (κ3) is 6.45. The number of hydrogen-bond acceptors (Lipinski definition) is 3. The second-order valence-corrected chi connectivity index (χ2v) is 6.94. The quantitative estimate of drug-likeness (QED) is 0.634. The molecule has 0 fully saturated rings. The number of thioether (sulfide) groups is 1. The Kier molecular flexibility index (Phi) is 8.36. The number of nitrogens with one attached hydrogen (secondary N) is 1. The Morgan fingerprint density at radius 1 is 1.33 bits per heavy atom. The van der Waals surface area contributed by atoms with Crippen molar-refractivity contribution in [2.75, 3.05) is 6.54 Å². The maximum absolute atomic E-state index is 11.5. The number of carbonyl (C=O) groups is 1. The van der Waals surface area contributed by atoms with Crippen LogP contribution in [0.2, 0.25) is 0 Å². The Bertz CT molecular complexity index is 277. The van der Waals surface area contributed by atoms with E-state index in [4.69, 9.17) is 5.73 Å². The highest BCUT2D eigenvalue weighted by molar-refractivity contribution is 8.01. The van der Waals surface area contributed by atoms with E-state index in [2.05, 4.69) is 46.5 Å². The highest BCUT2D eigenvalue weighted by Gasteiger charge is 2.24. The van der Waals surface area contributed by atoms with Gasteiger partial charge in [-0.3, -0.25) is 4.79 Å². The maximum Gasteiger partial charge on any atom is 0.230 e. The molecule has 0 radical (unpaired) electrons. The third-order valence-electron chi connectivity index (χ3n) is 2.84. The van der Waals surface area contributed by atoms with E-state index in [1.165, 1.54) is 0 Å². The minimum Gasteiger partial charge on any atom is -0.369 e. The lowest BCUT2D eigenvalue weighted by atomic mass is 9.94. The molecule has 0 spiro atoms. The molecule has 0 saturated heterocycles. The highest BCUT2D eigenvalue weighted by atomic mass is 32.2. The van der Waals surface area contributed by atoms with Gasteiger partial charge in [-0.25, -0.2) is 0 Å². The lowest BCUT2D eigenvalue weighted by Crippen LogP contribution is -2.39. The van der Waals surface area contributed by atoms with Gasteiger partial charge < -0.3 is 11.1 Å². The van der Waals surface area contributed by atoms with Crippen LogP contribution in [0.15, 0.2) is 12.2 Å². The molecule has 4 heteroatoms. The zero-order chi connectivity index (χ0) is 14.3. The zero-order valence-corrected chi connectivity index (χ0v) is 13.1. The summed E-state index contributed by atoms with van der Waals surface area (Å²) < 4.78 is 0. The topological polar surface area (TPSA) is 55.1 Å². The molecule has 0 aliphatic rings. The summed E-state index contributed by atoms with van der Waals surface area (Å²) >= 11 is 1.64. The van der Waals surface area contributed by atoms with E-state index in [9.17, 15) is 4.79 Å². The first kappa shape index (κ1) is 17.5. The number of hydrogen-bond donors (Lipinski definition) is 2. The molecule has 0 aromatic heterocycles. The lowest BCUT2D eigenvalue weighted by Gasteiger charge is -2.27. The molecule has 3 N–H and O–H groups in total. The first-order valence-corrected chi connectivity index (χ1v) is 7.60. The van der Waals surface area contributed by atoms with E-state index >= 15 is 0 Å². The van der Waals surface area contributed by atoms with Crippen LogP contribution in [0.1, 0.15) is 41.0 Å². The Morgan fingerprint density at radius 3 is 2.22 bits per heavy atom. The fourth-order valence-electron chi connectivity index (χ4n) is 1.80. The van der Waals surface area contributed by atoms with Crippen molar-refractivity contribution in [2.24, 2.45) is 11.7 Å². The fourth-order valence-corrected chi connectivity index (χ4v) is 2.89. The first-order valence-electron chi connectivity index (χ1n) is 6.66. The van der Waals surface area contributed by atoms with Gasteiger partial charge in [0.05, 0.1) is 5.25 Å². The van der Waals surface area contributed by atoms with Crippen LogP contribution in [0, 0.1) is 5.92 Å². The van der Waals surface area contributed by atoms with Gasteiger partial charge in [-0.1, -0.05) is 46.8 Å². The standard InChI is InChI=1S/C14H28N2OS/c1-7-16-12(11(6)9(2)3)8-13(14(15)17)18-10(4)5/h9-10,12-13,16H,6-8H2,1-5H3,(H2,15,17). The summed E-state index contributed by atoms with van der Waals surface area (Å²) in [5.41, 5.74) is 6.63. The van der Waals surface area contributed by atoms with Crippen LogP contribution in [0.25, 0.3) is 0 Å². The first-order chi connectivity index (χ1) is 8.29.